The van der Waals surface area contributed by atoms with Crippen LogP contribution in [0.4, 0.5) is 0 Å². The lowest BCUT2D eigenvalue weighted by atomic mass is 9.98. The fraction of sp³-hybridized carbons (Fsp3) is 0.800. The summed E-state index contributed by atoms with van der Waals surface area (Å²) >= 11 is 0. The third kappa shape index (κ3) is 2.76. The van der Waals surface area contributed by atoms with E-state index in [0.29, 0.717) is 11.7 Å². The number of nitrogens with two attached hydrogens (primary N) is 1. The number of hydrogen-bond donors (Lipinski definition) is 1. The van der Waals surface area contributed by atoms with Crippen LogP contribution < -0.4 is 5.73 Å². The van der Waals surface area contributed by atoms with Gasteiger partial charge in [0.2, 0.25) is 5.89 Å². The molecule has 0 radical (unpaired) electrons. The first-order valence-electron chi connectivity index (χ1n) is 5.17. The minimum atomic E-state index is -0.548. The van der Waals surface area contributed by atoms with Gasteiger partial charge in [-0.2, -0.15) is 4.98 Å². The fourth-order valence-corrected chi connectivity index (χ4v) is 1.36. The van der Waals surface area contributed by atoms with E-state index >= 15 is 0 Å². The number of rotatable bonds is 5. The van der Waals surface area contributed by atoms with Crippen molar-refractivity contribution in [2.75, 3.05) is 7.11 Å². The van der Waals surface area contributed by atoms with E-state index in [1.54, 1.807) is 7.11 Å². The second-order valence-corrected chi connectivity index (χ2v) is 4.00. The normalized spacial score (nSPS) is 17.4. The van der Waals surface area contributed by atoms with Gasteiger partial charge in [-0.05, 0) is 20.3 Å². The summed E-state index contributed by atoms with van der Waals surface area (Å²) in [6, 6.07) is 0. The summed E-state index contributed by atoms with van der Waals surface area (Å²) < 4.78 is 10.2. The molecule has 1 aromatic rings. The van der Waals surface area contributed by atoms with Crippen LogP contribution in [-0.4, -0.2) is 17.3 Å². The third-order valence-electron chi connectivity index (χ3n) is 2.42. The number of nitrogens with zero attached hydrogens (tertiary/aromatic N) is 2. The highest BCUT2D eigenvalue weighted by Crippen LogP contribution is 2.23. The van der Waals surface area contributed by atoms with Crippen LogP contribution >= 0.6 is 0 Å². The predicted molar refractivity (Wildman–Crippen MR) is 56.2 cm³/mol. The largest absolute Gasteiger partial charge is 0.374 e. The van der Waals surface area contributed by atoms with E-state index in [1.165, 1.54) is 0 Å². The maximum absolute atomic E-state index is 6.07. The van der Waals surface area contributed by atoms with Crippen molar-refractivity contribution in [2.24, 2.45) is 5.73 Å². The van der Waals surface area contributed by atoms with Crippen LogP contribution in [0.3, 0.4) is 0 Å². The van der Waals surface area contributed by atoms with Crippen LogP contribution in [0.1, 0.15) is 51.4 Å². The monoisotopic (exact) mass is 213 g/mol. The van der Waals surface area contributed by atoms with Gasteiger partial charge >= 0.3 is 0 Å². The van der Waals surface area contributed by atoms with Crippen molar-refractivity contribution >= 4 is 0 Å². The lowest BCUT2D eigenvalue weighted by Gasteiger charge is -2.18. The molecular formula is C10H19N3O2. The smallest absolute Gasteiger partial charge is 0.246 e. The van der Waals surface area contributed by atoms with Crippen molar-refractivity contribution in [3.63, 3.8) is 0 Å². The molecule has 0 amide bonds. The van der Waals surface area contributed by atoms with Gasteiger partial charge in [-0.1, -0.05) is 18.5 Å². The van der Waals surface area contributed by atoms with E-state index in [-0.39, 0.29) is 6.10 Å². The lowest BCUT2D eigenvalue weighted by Crippen LogP contribution is -2.33. The first-order valence-corrected chi connectivity index (χ1v) is 5.17. The summed E-state index contributed by atoms with van der Waals surface area (Å²) in [6.07, 6.45) is 1.63. The highest BCUT2D eigenvalue weighted by molar-refractivity contribution is 5.00. The van der Waals surface area contributed by atoms with Crippen LogP contribution in [0.2, 0.25) is 0 Å². The van der Waals surface area contributed by atoms with Crippen LogP contribution in [0.25, 0.3) is 0 Å². The molecule has 15 heavy (non-hydrogen) atoms. The molecule has 0 aliphatic rings. The van der Waals surface area contributed by atoms with Gasteiger partial charge in [0.25, 0.3) is 0 Å². The molecule has 0 aliphatic carbocycles. The van der Waals surface area contributed by atoms with Gasteiger partial charge < -0.3 is 15.0 Å². The van der Waals surface area contributed by atoms with E-state index in [4.69, 9.17) is 15.0 Å². The molecule has 5 nitrogen and oxygen atoms in total. The summed E-state index contributed by atoms with van der Waals surface area (Å²) in [5.41, 5.74) is 5.52. The highest BCUT2D eigenvalue weighted by atomic mass is 16.5. The van der Waals surface area contributed by atoms with Crippen LogP contribution in [0.5, 0.6) is 0 Å². The topological polar surface area (TPSA) is 74.2 Å². The summed E-state index contributed by atoms with van der Waals surface area (Å²) in [5, 5.41) is 3.84. The van der Waals surface area contributed by atoms with Crippen molar-refractivity contribution < 1.29 is 9.26 Å². The second kappa shape index (κ2) is 4.72. The Balaban J connectivity index is 2.83. The Hall–Kier alpha value is -0.940. The summed E-state index contributed by atoms with van der Waals surface area (Å²) in [4.78, 5) is 4.24. The fourth-order valence-electron chi connectivity index (χ4n) is 1.36. The molecule has 1 rings (SSSR count). The molecule has 0 saturated heterocycles. The minimum Gasteiger partial charge on any atom is -0.374 e. The van der Waals surface area contributed by atoms with Crippen molar-refractivity contribution in [1.29, 1.82) is 0 Å². The Morgan fingerprint density at radius 2 is 2.27 bits per heavy atom. The van der Waals surface area contributed by atoms with Gasteiger partial charge in [0.15, 0.2) is 5.82 Å². The Bertz CT molecular complexity index is 309. The number of ether oxygens (including phenoxy) is 1. The summed E-state index contributed by atoms with van der Waals surface area (Å²) in [6.45, 7) is 5.83. The zero-order valence-corrected chi connectivity index (χ0v) is 9.78. The molecule has 0 bridgehead atoms. The molecule has 86 valence electrons. The number of hydrogen-bond acceptors (Lipinski definition) is 5. The molecule has 0 spiro atoms. The van der Waals surface area contributed by atoms with E-state index in [0.717, 1.165) is 12.8 Å². The SMILES string of the molecule is CCCC(C)(N)c1nc(C(C)OC)no1. The molecule has 0 aliphatic heterocycles. The molecule has 0 saturated carbocycles. The molecule has 0 aromatic carbocycles. The number of methoxy groups -OCH3 is 1. The molecule has 2 N–H and O–H groups in total. The maximum Gasteiger partial charge on any atom is 0.246 e. The van der Waals surface area contributed by atoms with Gasteiger partial charge in [0.1, 0.15) is 6.10 Å². The standard InChI is InChI=1S/C10H19N3O2/c1-5-6-10(3,11)9-12-8(13-15-9)7(2)14-4/h7H,5-6,11H2,1-4H3. The molecule has 2 atom stereocenters. The van der Waals surface area contributed by atoms with Gasteiger partial charge in [-0.15, -0.1) is 0 Å². The Morgan fingerprint density at radius 1 is 1.60 bits per heavy atom. The quantitative estimate of drug-likeness (QED) is 0.806. The van der Waals surface area contributed by atoms with Gasteiger partial charge in [0.05, 0.1) is 5.54 Å². The zero-order chi connectivity index (χ0) is 11.5. The average molecular weight is 213 g/mol. The molecule has 5 heteroatoms. The summed E-state index contributed by atoms with van der Waals surface area (Å²) in [7, 11) is 1.61. The summed E-state index contributed by atoms with van der Waals surface area (Å²) in [5.74, 6) is 1.02. The Morgan fingerprint density at radius 3 is 2.80 bits per heavy atom. The highest BCUT2D eigenvalue weighted by Gasteiger charge is 2.28. The van der Waals surface area contributed by atoms with E-state index in [9.17, 15) is 0 Å². The van der Waals surface area contributed by atoms with Gasteiger partial charge in [0, 0.05) is 7.11 Å². The predicted octanol–water partition coefficient (Wildman–Crippen LogP) is 1.75. The Labute approximate surface area is 90.0 Å². The van der Waals surface area contributed by atoms with Crippen molar-refractivity contribution in [3.8, 4) is 0 Å². The second-order valence-electron chi connectivity index (χ2n) is 4.00. The average Bonchev–Trinajstić information content (AvgIpc) is 2.66. The maximum atomic E-state index is 6.07. The van der Waals surface area contributed by atoms with Crippen molar-refractivity contribution in [2.45, 2.75) is 45.3 Å². The zero-order valence-electron chi connectivity index (χ0n) is 9.78. The number of aromatic nitrogens is 2. The molecule has 2 unspecified atom stereocenters. The van der Waals surface area contributed by atoms with Gasteiger partial charge in [-0.3, -0.25) is 0 Å². The van der Waals surface area contributed by atoms with Crippen LogP contribution in [0, 0.1) is 0 Å². The Kier molecular flexibility index (Phi) is 3.82. The van der Waals surface area contributed by atoms with Crippen LogP contribution in [0.15, 0.2) is 4.52 Å². The molecule has 1 heterocycles. The first kappa shape index (κ1) is 12.1. The molecule has 0 fully saturated rings. The van der Waals surface area contributed by atoms with E-state index in [2.05, 4.69) is 17.1 Å². The van der Waals surface area contributed by atoms with Gasteiger partial charge in [-0.25, -0.2) is 0 Å². The van der Waals surface area contributed by atoms with Crippen molar-refractivity contribution in [3.05, 3.63) is 11.7 Å². The molecule has 1 aromatic heterocycles. The van der Waals surface area contributed by atoms with Crippen LogP contribution in [-0.2, 0) is 10.3 Å². The third-order valence-corrected chi connectivity index (χ3v) is 2.42. The molecular weight excluding hydrogens is 194 g/mol. The minimum absolute atomic E-state index is 0.167. The van der Waals surface area contributed by atoms with E-state index < -0.39 is 5.54 Å². The lowest BCUT2D eigenvalue weighted by molar-refractivity contribution is 0.109. The van der Waals surface area contributed by atoms with Crippen molar-refractivity contribution in [1.82, 2.24) is 10.1 Å². The first-order chi connectivity index (χ1) is 7.01. The van der Waals surface area contributed by atoms with E-state index in [1.807, 2.05) is 13.8 Å².